The number of aromatic nitrogens is 2. The molecular weight excluding hydrogens is 196 g/mol. The quantitative estimate of drug-likeness (QED) is 0.722. The van der Waals surface area contributed by atoms with Gasteiger partial charge in [0.15, 0.2) is 6.39 Å². The van der Waals surface area contributed by atoms with Crippen molar-refractivity contribution < 1.29 is 4.42 Å². The highest BCUT2D eigenvalue weighted by molar-refractivity contribution is 7.10. The lowest BCUT2D eigenvalue weighted by atomic mass is 9.98. The number of oxazole rings is 1. The Hall–Kier alpha value is -1.16. The molecule has 2 heterocycles. The zero-order chi connectivity index (χ0) is 10.2. The van der Waals surface area contributed by atoms with Crippen LogP contribution in [-0.4, -0.2) is 9.97 Å². The Balaban J connectivity index is 2.36. The van der Waals surface area contributed by atoms with Gasteiger partial charge in [0.2, 0.25) is 0 Å². The molecular formula is C10H12N2OS. The summed E-state index contributed by atoms with van der Waals surface area (Å²) >= 11 is 1.66. The summed E-state index contributed by atoms with van der Waals surface area (Å²) in [6.45, 7) is 6.45. The van der Waals surface area contributed by atoms with E-state index in [4.69, 9.17) is 4.42 Å². The Labute approximate surface area is 86.8 Å². The minimum Gasteiger partial charge on any atom is -0.451 e. The van der Waals surface area contributed by atoms with E-state index in [9.17, 15) is 0 Å². The fraction of sp³-hybridized carbons (Fsp3) is 0.400. The maximum Gasteiger partial charge on any atom is 0.181 e. The maximum atomic E-state index is 4.92. The highest BCUT2D eigenvalue weighted by atomic mass is 32.1. The SMILES string of the molecule is CC(C)(C)c1nc(-c2cocn2)cs1. The molecule has 2 rings (SSSR count). The fourth-order valence-corrected chi connectivity index (χ4v) is 1.98. The van der Waals surface area contributed by atoms with Crippen molar-refractivity contribution in [3.8, 4) is 11.4 Å². The maximum absolute atomic E-state index is 4.92. The van der Waals surface area contributed by atoms with Gasteiger partial charge in [0.25, 0.3) is 0 Å². The average Bonchev–Trinajstić information content (AvgIpc) is 2.73. The molecule has 0 aromatic carbocycles. The van der Waals surface area contributed by atoms with Crippen molar-refractivity contribution in [3.63, 3.8) is 0 Å². The van der Waals surface area contributed by atoms with Crippen LogP contribution in [0.25, 0.3) is 11.4 Å². The second kappa shape index (κ2) is 3.20. The minimum absolute atomic E-state index is 0.104. The second-order valence-corrected chi connectivity index (χ2v) is 5.02. The van der Waals surface area contributed by atoms with Crippen LogP contribution in [0, 0.1) is 0 Å². The van der Waals surface area contributed by atoms with E-state index < -0.39 is 0 Å². The van der Waals surface area contributed by atoms with Gasteiger partial charge in [0, 0.05) is 10.8 Å². The number of hydrogen-bond acceptors (Lipinski definition) is 4. The van der Waals surface area contributed by atoms with Gasteiger partial charge in [-0.2, -0.15) is 0 Å². The molecule has 2 aromatic rings. The zero-order valence-electron chi connectivity index (χ0n) is 8.44. The summed E-state index contributed by atoms with van der Waals surface area (Å²) in [6, 6.07) is 0. The third-order valence-corrected chi connectivity index (χ3v) is 3.11. The molecule has 0 radical (unpaired) electrons. The third-order valence-electron chi connectivity index (χ3n) is 1.84. The largest absolute Gasteiger partial charge is 0.451 e. The topological polar surface area (TPSA) is 38.9 Å². The van der Waals surface area contributed by atoms with Crippen molar-refractivity contribution in [1.82, 2.24) is 9.97 Å². The Morgan fingerprint density at radius 2 is 2.07 bits per heavy atom. The molecule has 0 fully saturated rings. The first kappa shape index (κ1) is 9.40. The molecule has 0 bridgehead atoms. The Bertz CT molecular complexity index is 412. The molecule has 0 amide bonds. The molecule has 0 unspecified atom stereocenters. The fourth-order valence-electron chi connectivity index (χ4n) is 1.07. The van der Waals surface area contributed by atoms with Gasteiger partial charge in [-0.1, -0.05) is 20.8 Å². The smallest absolute Gasteiger partial charge is 0.181 e. The van der Waals surface area contributed by atoms with Crippen LogP contribution in [0.15, 0.2) is 22.5 Å². The molecule has 3 nitrogen and oxygen atoms in total. The minimum atomic E-state index is 0.104. The van der Waals surface area contributed by atoms with Crippen molar-refractivity contribution in [2.24, 2.45) is 0 Å². The molecule has 4 heteroatoms. The van der Waals surface area contributed by atoms with Crippen LogP contribution in [0.4, 0.5) is 0 Å². The number of hydrogen-bond donors (Lipinski definition) is 0. The molecule has 2 aromatic heterocycles. The first-order valence-corrected chi connectivity index (χ1v) is 5.30. The van der Waals surface area contributed by atoms with E-state index in [1.165, 1.54) is 6.39 Å². The van der Waals surface area contributed by atoms with Crippen LogP contribution in [-0.2, 0) is 5.41 Å². The zero-order valence-corrected chi connectivity index (χ0v) is 9.26. The number of rotatable bonds is 1. The molecule has 0 aliphatic heterocycles. The van der Waals surface area contributed by atoms with E-state index in [0.29, 0.717) is 0 Å². The standard InChI is InChI=1S/C10H12N2OS/c1-10(2,3)9-12-8(5-14-9)7-4-13-6-11-7/h4-6H,1-3H3. The number of nitrogens with zero attached hydrogens (tertiary/aromatic N) is 2. The van der Waals surface area contributed by atoms with Crippen molar-refractivity contribution in [3.05, 3.63) is 23.0 Å². The normalized spacial score (nSPS) is 11.9. The monoisotopic (exact) mass is 208 g/mol. The molecule has 0 saturated heterocycles. The highest BCUT2D eigenvalue weighted by Crippen LogP contribution is 2.28. The van der Waals surface area contributed by atoms with E-state index in [1.54, 1.807) is 17.6 Å². The van der Waals surface area contributed by atoms with Crippen LogP contribution in [0.1, 0.15) is 25.8 Å². The summed E-state index contributed by atoms with van der Waals surface area (Å²) < 4.78 is 4.92. The molecule has 14 heavy (non-hydrogen) atoms. The van der Waals surface area contributed by atoms with Crippen molar-refractivity contribution in [1.29, 1.82) is 0 Å². The summed E-state index contributed by atoms with van der Waals surface area (Å²) in [7, 11) is 0. The molecule has 0 N–H and O–H groups in total. The summed E-state index contributed by atoms with van der Waals surface area (Å²) in [4.78, 5) is 8.58. The predicted molar refractivity (Wildman–Crippen MR) is 56.3 cm³/mol. The lowest BCUT2D eigenvalue weighted by Gasteiger charge is -2.13. The van der Waals surface area contributed by atoms with Crippen LogP contribution in [0.3, 0.4) is 0 Å². The third kappa shape index (κ3) is 1.70. The summed E-state index contributed by atoms with van der Waals surface area (Å²) in [5.41, 5.74) is 1.80. The van der Waals surface area contributed by atoms with Gasteiger partial charge in [-0.15, -0.1) is 11.3 Å². The van der Waals surface area contributed by atoms with Gasteiger partial charge >= 0.3 is 0 Å². The van der Waals surface area contributed by atoms with Gasteiger partial charge in [-0.25, -0.2) is 9.97 Å². The molecule has 0 atom stereocenters. The predicted octanol–water partition coefficient (Wildman–Crippen LogP) is 3.10. The summed E-state index contributed by atoms with van der Waals surface area (Å²) in [5, 5.41) is 3.13. The van der Waals surface area contributed by atoms with Crippen LogP contribution in [0.5, 0.6) is 0 Å². The van der Waals surface area contributed by atoms with E-state index in [-0.39, 0.29) is 5.41 Å². The summed E-state index contributed by atoms with van der Waals surface area (Å²) in [5.74, 6) is 0. The van der Waals surface area contributed by atoms with Crippen molar-refractivity contribution >= 4 is 11.3 Å². The van der Waals surface area contributed by atoms with Crippen LogP contribution < -0.4 is 0 Å². The van der Waals surface area contributed by atoms with Crippen LogP contribution in [0.2, 0.25) is 0 Å². The molecule has 0 spiro atoms. The molecule has 74 valence electrons. The first-order valence-electron chi connectivity index (χ1n) is 4.42. The summed E-state index contributed by atoms with van der Waals surface area (Å²) in [6.07, 6.45) is 3.03. The first-order chi connectivity index (χ1) is 6.57. The highest BCUT2D eigenvalue weighted by Gasteiger charge is 2.18. The Morgan fingerprint density at radius 3 is 2.57 bits per heavy atom. The van der Waals surface area contributed by atoms with E-state index in [0.717, 1.165) is 16.4 Å². The van der Waals surface area contributed by atoms with Crippen molar-refractivity contribution in [2.75, 3.05) is 0 Å². The van der Waals surface area contributed by atoms with E-state index >= 15 is 0 Å². The van der Waals surface area contributed by atoms with Gasteiger partial charge in [-0.3, -0.25) is 0 Å². The lowest BCUT2D eigenvalue weighted by molar-refractivity contribution is 0.558. The van der Waals surface area contributed by atoms with Crippen LogP contribution >= 0.6 is 11.3 Å². The average molecular weight is 208 g/mol. The molecule has 0 aliphatic rings. The second-order valence-electron chi connectivity index (χ2n) is 4.16. The Kier molecular flexibility index (Phi) is 2.15. The Morgan fingerprint density at radius 1 is 1.29 bits per heavy atom. The van der Waals surface area contributed by atoms with Crippen molar-refractivity contribution in [2.45, 2.75) is 26.2 Å². The molecule has 0 aliphatic carbocycles. The van der Waals surface area contributed by atoms with Gasteiger partial charge < -0.3 is 4.42 Å². The molecule has 0 saturated carbocycles. The van der Waals surface area contributed by atoms with E-state index in [1.807, 2.05) is 5.38 Å². The van der Waals surface area contributed by atoms with Gasteiger partial charge in [0.1, 0.15) is 17.7 Å². The lowest BCUT2D eigenvalue weighted by Crippen LogP contribution is -2.10. The van der Waals surface area contributed by atoms with E-state index in [2.05, 4.69) is 30.7 Å². The van der Waals surface area contributed by atoms with Gasteiger partial charge in [-0.05, 0) is 0 Å². The number of thiazole rings is 1. The van der Waals surface area contributed by atoms with Gasteiger partial charge in [0.05, 0.1) is 5.01 Å².